The molecule has 0 atom stereocenters. The lowest BCUT2D eigenvalue weighted by Gasteiger charge is -2.16. The summed E-state index contributed by atoms with van der Waals surface area (Å²) < 4.78 is 2.49. The molecule has 1 aromatic carbocycles. The molecule has 0 saturated heterocycles. The molecule has 1 N–H and O–H groups in total. The van der Waals surface area contributed by atoms with Crippen LogP contribution in [0.15, 0.2) is 24.3 Å². The summed E-state index contributed by atoms with van der Waals surface area (Å²) in [5, 5.41) is 3.43. The zero-order valence-corrected chi connectivity index (χ0v) is 13.2. The van der Waals surface area contributed by atoms with Crippen molar-refractivity contribution in [2.24, 2.45) is 0 Å². The summed E-state index contributed by atoms with van der Waals surface area (Å²) in [6.45, 7) is 7.47. The highest BCUT2D eigenvalue weighted by atomic mass is 15.1. The van der Waals surface area contributed by atoms with E-state index in [1.807, 2.05) is 0 Å². The Kier molecular flexibility index (Phi) is 4.39. The predicted molar refractivity (Wildman–Crippen MR) is 86.5 cm³/mol. The molecule has 3 heteroatoms. The van der Waals surface area contributed by atoms with Crippen LogP contribution in [0, 0.1) is 6.92 Å². The highest BCUT2D eigenvalue weighted by molar-refractivity contribution is 5.24. The SMILES string of the molecule is CCCc1nc2c(n1CCc1cccc(C)c1)CCNC2. The van der Waals surface area contributed by atoms with Gasteiger partial charge >= 0.3 is 0 Å². The molecule has 0 aliphatic carbocycles. The molecule has 2 aromatic rings. The largest absolute Gasteiger partial charge is 0.331 e. The summed E-state index contributed by atoms with van der Waals surface area (Å²) in [6, 6.07) is 8.85. The Morgan fingerprint density at radius 1 is 1.29 bits per heavy atom. The van der Waals surface area contributed by atoms with E-state index in [9.17, 15) is 0 Å². The lowest BCUT2D eigenvalue weighted by Crippen LogP contribution is -2.25. The monoisotopic (exact) mass is 283 g/mol. The second-order valence-corrected chi connectivity index (χ2v) is 5.99. The van der Waals surface area contributed by atoms with E-state index in [1.54, 1.807) is 0 Å². The lowest BCUT2D eigenvalue weighted by atomic mass is 10.1. The molecule has 2 heterocycles. The van der Waals surface area contributed by atoms with Crippen LogP contribution in [0.25, 0.3) is 0 Å². The van der Waals surface area contributed by atoms with Crippen LogP contribution in [0.3, 0.4) is 0 Å². The molecular formula is C18H25N3. The van der Waals surface area contributed by atoms with Gasteiger partial charge in [-0.2, -0.15) is 0 Å². The molecule has 112 valence electrons. The molecule has 0 amide bonds. The van der Waals surface area contributed by atoms with Gasteiger partial charge in [-0.05, 0) is 25.3 Å². The second kappa shape index (κ2) is 6.44. The van der Waals surface area contributed by atoms with E-state index in [0.29, 0.717) is 0 Å². The summed E-state index contributed by atoms with van der Waals surface area (Å²) in [5.41, 5.74) is 5.51. The normalized spacial score (nSPS) is 14.2. The van der Waals surface area contributed by atoms with Gasteiger partial charge in [-0.25, -0.2) is 4.98 Å². The first-order valence-corrected chi connectivity index (χ1v) is 8.11. The number of aryl methyl sites for hydroxylation is 3. The third-order valence-corrected chi connectivity index (χ3v) is 4.25. The highest BCUT2D eigenvalue weighted by Gasteiger charge is 2.18. The van der Waals surface area contributed by atoms with Gasteiger partial charge in [0.2, 0.25) is 0 Å². The topological polar surface area (TPSA) is 29.9 Å². The molecule has 3 rings (SSSR count). The molecule has 0 radical (unpaired) electrons. The van der Waals surface area contributed by atoms with E-state index < -0.39 is 0 Å². The average molecular weight is 283 g/mol. The van der Waals surface area contributed by atoms with Crippen LogP contribution in [0.2, 0.25) is 0 Å². The third-order valence-electron chi connectivity index (χ3n) is 4.25. The molecule has 1 aliphatic rings. The van der Waals surface area contributed by atoms with Crippen molar-refractivity contribution in [3.05, 3.63) is 52.6 Å². The fraction of sp³-hybridized carbons (Fsp3) is 0.500. The molecule has 1 aliphatic heterocycles. The molecule has 0 saturated carbocycles. The van der Waals surface area contributed by atoms with Crippen LogP contribution >= 0.6 is 0 Å². The van der Waals surface area contributed by atoms with Gasteiger partial charge in [0.15, 0.2) is 0 Å². The second-order valence-electron chi connectivity index (χ2n) is 5.99. The number of rotatable bonds is 5. The summed E-state index contributed by atoms with van der Waals surface area (Å²) in [4.78, 5) is 4.87. The molecule has 0 bridgehead atoms. The van der Waals surface area contributed by atoms with Gasteiger partial charge in [-0.3, -0.25) is 0 Å². The lowest BCUT2D eigenvalue weighted by molar-refractivity contribution is 0.574. The molecule has 0 fully saturated rings. The van der Waals surface area contributed by atoms with Gasteiger partial charge in [0, 0.05) is 38.2 Å². The number of fused-ring (bicyclic) bond motifs is 1. The van der Waals surface area contributed by atoms with Crippen molar-refractivity contribution in [1.29, 1.82) is 0 Å². The van der Waals surface area contributed by atoms with E-state index in [4.69, 9.17) is 4.98 Å². The minimum Gasteiger partial charge on any atom is -0.331 e. The quantitative estimate of drug-likeness (QED) is 0.914. The summed E-state index contributed by atoms with van der Waals surface area (Å²) in [5.74, 6) is 1.28. The molecular weight excluding hydrogens is 258 g/mol. The van der Waals surface area contributed by atoms with Gasteiger partial charge in [0.25, 0.3) is 0 Å². The van der Waals surface area contributed by atoms with E-state index >= 15 is 0 Å². The Labute approximate surface area is 127 Å². The van der Waals surface area contributed by atoms with Gasteiger partial charge in [-0.15, -0.1) is 0 Å². The number of nitrogens with zero attached hydrogens (tertiary/aromatic N) is 2. The molecule has 0 spiro atoms. The van der Waals surface area contributed by atoms with Crippen molar-refractivity contribution in [1.82, 2.24) is 14.9 Å². The summed E-state index contributed by atoms with van der Waals surface area (Å²) >= 11 is 0. The number of aromatic nitrogens is 2. The van der Waals surface area contributed by atoms with Gasteiger partial charge in [0.05, 0.1) is 5.69 Å². The van der Waals surface area contributed by atoms with Crippen molar-refractivity contribution in [3.63, 3.8) is 0 Å². The van der Waals surface area contributed by atoms with Gasteiger partial charge in [0.1, 0.15) is 5.82 Å². The third kappa shape index (κ3) is 3.18. The summed E-state index contributed by atoms with van der Waals surface area (Å²) in [6.07, 6.45) is 4.45. The molecule has 21 heavy (non-hydrogen) atoms. The van der Waals surface area contributed by atoms with E-state index in [-0.39, 0.29) is 0 Å². The van der Waals surface area contributed by atoms with Crippen LogP contribution in [0.4, 0.5) is 0 Å². The van der Waals surface area contributed by atoms with Crippen molar-refractivity contribution in [3.8, 4) is 0 Å². The number of hydrogen-bond donors (Lipinski definition) is 1. The van der Waals surface area contributed by atoms with Crippen LogP contribution in [-0.2, 0) is 32.4 Å². The standard InChI is InChI=1S/C18H25N3/c1-3-5-18-20-16-13-19-10-8-17(16)21(18)11-9-15-7-4-6-14(2)12-15/h4,6-7,12,19H,3,5,8-11,13H2,1-2H3. The Bertz CT molecular complexity index is 613. The van der Waals surface area contributed by atoms with E-state index in [0.717, 1.165) is 45.3 Å². The summed E-state index contributed by atoms with van der Waals surface area (Å²) in [7, 11) is 0. The maximum absolute atomic E-state index is 4.87. The Balaban J connectivity index is 1.81. The van der Waals surface area contributed by atoms with E-state index in [2.05, 4.69) is 48.0 Å². The average Bonchev–Trinajstić information content (AvgIpc) is 2.83. The first-order chi connectivity index (χ1) is 10.3. The minimum atomic E-state index is 0.934. The van der Waals surface area contributed by atoms with E-state index in [1.165, 1.54) is 28.3 Å². The Morgan fingerprint density at radius 2 is 2.19 bits per heavy atom. The molecule has 3 nitrogen and oxygen atoms in total. The fourth-order valence-corrected chi connectivity index (χ4v) is 3.21. The van der Waals surface area contributed by atoms with Gasteiger partial charge < -0.3 is 9.88 Å². The number of hydrogen-bond acceptors (Lipinski definition) is 2. The number of nitrogens with one attached hydrogen (secondary N) is 1. The smallest absolute Gasteiger partial charge is 0.109 e. The predicted octanol–water partition coefficient (Wildman–Crippen LogP) is 3.03. The van der Waals surface area contributed by atoms with Gasteiger partial charge in [-0.1, -0.05) is 36.8 Å². The maximum atomic E-state index is 4.87. The zero-order chi connectivity index (χ0) is 14.7. The van der Waals surface area contributed by atoms with Crippen LogP contribution < -0.4 is 5.32 Å². The van der Waals surface area contributed by atoms with Crippen molar-refractivity contribution < 1.29 is 0 Å². The Morgan fingerprint density at radius 3 is 3.00 bits per heavy atom. The fourth-order valence-electron chi connectivity index (χ4n) is 3.21. The first kappa shape index (κ1) is 14.3. The van der Waals surface area contributed by atoms with Crippen molar-refractivity contribution >= 4 is 0 Å². The number of imidazole rings is 1. The van der Waals surface area contributed by atoms with Crippen LogP contribution in [0.5, 0.6) is 0 Å². The molecule has 1 aromatic heterocycles. The van der Waals surface area contributed by atoms with Crippen molar-refractivity contribution in [2.75, 3.05) is 6.54 Å². The zero-order valence-electron chi connectivity index (χ0n) is 13.2. The Hall–Kier alpha value is -1.61. The molecule has 0 unspecified atom stereocenters. The number of benzene rings is 1. The van der Waals surface area contributed by atoms with Crippen LogP contribution in [-0.4, -0.2) is 16.1 Å². The highest BCUT2D eigenvalue weighted by Crippen LogP contribution is 2.18. The minimum absolute atomic E-state index is 0.934. The first-order valence-electron chi connectivity index (χ1n) is 8.11. The van der Waals surface area contributed by atoms with Crippen LogP contribution in [0.1, 0.15) is 41.7 Å². The van der Waals surface area contributed by atoms with Crippen molar-refractivity contribution in [2.45, 2.75) is 52.6 Å². The maximum Gasteiger partial charge on any atom is 0.109 e.